The Morgan fingerprint density at radius 3 is 2.65 bits per heavy atom. The van der Waals surface area contributed by atoms with Crippen molar-refractivity contribution in [3.8, 4) is 0 Å². The number of carboxylic acids is 1. The number of carboxylic acid groups (broad SMARTS) is 1. The van der Waals surface area contributed by atoms with Crippen molar-refractivity contribution in [2.75, 3.05) is 14.1 Å². The van der Waals surface area contributed by atoms with E-state index in [0.717, 1.165) is 0 Å². The van der Waals surface area contributed by atoms with Crippen molar-refractivity contribution in [3.63, 3.8) is 0 Å². The van der Waals surface area contributed by atoms with Crippen LogP contribution in [-0.2, 0) is 0 Å². The van der Waals surface area contributed by atoms with Gasteiger partial charge in [0.1, 0.15) is 17.7 Å². The summed E-state index contributed by atoms with van der Waals surface area (Å²) in [5.41, 5.74) is 2.04. The SMILES string of the molecule is CN(C)C=NNC(=O)c1cccc(C(=O)O)n1. The fraction of sp³-hybridized carbons (Fsp3) is 0.200. The minimum Gasteiger partial charge on any atom is -0.477 e. The first kappa shape index (κ1) is 12.6. The van der Waals surface area contributed by atoms with Crippen molar-refractivity contribution in [3.05, 3.63) is 29.6 Å². The molecule has 0 aliphatic rings. The molecule has 0 saturated heterocycles. The highest BCUT2D eigenvalue weighted by Crippen LogP contribution is 1.99. The van der Waals surface area contributed by atoms with Crippen molar-refractivity contribution >= 4 is 18.2 Å². The normalized spacial score (nSPS) is 10.2. The Morgan fingerprint density at radius 1 is 1.41 bits per heavy atom. The second-order valence-corrected chi connectivity index (χ2v) is 3.36. The number of nitrogens with one attached hydrogen (secondary N) is 1. The largest absolute Gasteiger partial charge is 0.477 e. The van der Waals surface area contributed by atoms with Crippen LogP contribution in [0.15, 0.2) is 23.3 Å². The molecular weight excluding hydrogens is 224 g/mol. The molecule has 0 radical (unpaired) electrons. The maximum absolute atomic E-state index is 11.5. The smallest absolute Gasteiger partial charge is 0.354 e. The molecule has 1 amide bonds. The van der Waals surface area contributed by atoms with E-state index in [0.29, 0.717) is 0 Å². The van der Waals surface area contributed by atoms with E-state index < -0.39 is 11.9 Å². The maximum Gasteiger partial charge on any atom is 0.354 e. The van der Waals surface area contributed by atoms with E-state index in [1.807, 2.05) is 0 Å². The zero-order chi connectivity index (χ0) is 12.8. The second kappa shape index (κ2) is 5.59. The number of hydrazone groups is 1. The number of aromatic nitrogens is 1. The monoisotopic (exact) mass is 236 g/mol. The molecule has 7 nitrogen and oxygen atoms in total. The van der Waals surface area contributed by atoms with E-state index in [9.17, 15) is 9.59 Å². The molecule has 0 atom stereocenters. The number of rotatable bonds is 4. The average molecular weight is 236 g/mol. The number of nitrogens with zero attached hydrogens (tertiary/aromatic N) is 3. The molecule has 0 unspecified atom stereocenters. The molecule has 0 aliphatic heterocycles. The Kier molecular flexibility index (Phi) is 4.15. The van der Waals surface area contributed by atoms with Crippen LogP contribution in [0.2, 0.25) is 0 Å². The van der Waals surface area contributed by atoms with Gasteiger partial charge in [-0.25, -0.2) is 15.2 Å². The van der Waals surface area contributed by atoms with Crippen LogP contribution in [0.25, 0.3) is 0 Å². The van der Waals surface area contributed by atoms with E-state index in [-0.39, 0.29) is 11.4 Å². The average Bonchev–Trinajstić information content (AvgIpc) is 2.28. The lowest BCUT2D eigenvalue weighted by Crippen LogP contribution is -2.22. The van der Waals surface area contributed by atoms with Crippen molar-refractivity contribution in [1.29, 1.82) is 0 Å². The lowest BCUT2D eigenvalue weighted by atomic mass is 10.3. The van der Waals surface area contributed by atoms with E-state index in [1.54, 1.807) is 19.0 Å². The molecule has 2 N–H and O–H groups in total. The van der Waals surface area contributed by atoms with Gasteiger partial charge in [-0.2, -0.15) is 5.10 Å². The number of hydrogen-bond acceptors (Lipinski definition) is 4. The molecule has 0 aromatic carbocycles. The maximum atomic E-state index is 11.5. The quantitative estimate of drug-likeness (QED) is 0.436. The van der Waals surface area contributed by atoms with Crippen LogP contribution >= 0.6 is 0 Å². The second-order valence-electron chi connectivity index (χ2n) is 3.36. The van der Waals surface area contributed by atoms with Gasteiger partial charge in [-0.1, -0.05) is 6.07 Å². The van der Waals surface area contributed by atoms with Crippen LogP contribution in [0.4, 0.5) is 0 Å². The Bertz CT molecular complexity index is 457. The van der Waals surface area contributed by atoms with Crippen molar-refractivity contribution in [1.82, 2.24) is 15.3 Å². The Morgan fingerprint density at radius 2 is 2.06 bits per heavy atom. The van der Waals surface area contributed by atoms with E-state index >= 15 is 0 Å². The number of carbonyl (C=O) groups excluding carboxylic acids is 1. The molecule has 0 saturated carbocycles. The molecule has 17 heavy (non-hydrogen) atoms. The van der Waals surface area contributed by atoms with Gasteiger partial charge in [0.05, 0.1) is 0 Å². The van der Waals surface area contributed by atoms with Crippen LogP contribution in [0.3, 0.4) is 0 Å². The van der Waals surface area contributed by atoms with E-state index in [4.69, 9.17) is 5.11 Å². The molecule has 90 valence electrons. The summed E-state index contributed by atoms with van der Waals surface area (Å²) in [4.78, 5) is 27.5. The summed E-state index contributed by atoms with van der Waals surface area (Å²) in [5, 5.41) is 12.3. The summed E-state index contributed by atoms with van der Waals surface area (Å²) in [7, 11) is 3.50. The molecule has 7 heteroatoms. The molecule has 0 spiro atoms. The number of amides is 1. The Hall–Kier alpha value is -2.44. The highest BCUT2D eigenvalue weighted by Gasteiger charge is 2.10. The molecule has 1 rings (SSSR count). The number of carbonyl (C=O) groups is 2. The summed E-state index contributed by atoms with van der Waals surface area (Å²) < 4.78 is 0. The van der Waals surface area contributed by atoms with Crippen LogP contribution in [0.1, 0.15) is 21.0 Å². The van der Waals surface area contributed by atoms with Gasteiger partial charge >= 0.3 is 5.97 Å². The van der Waals surface area contributed by atoms with Gasteiger partial charge in [-0.05, 0) is 12.1 Å². The first-order chi connectivity index (χ1) is 8.00. The fourth-order valence-corrected chi connectivity index (χ4v) is 0.941. The van der Waals surface area contributed by atoms with Gasteiger partial charge in [-0.15, -0.1) is 0 Å². The standard InChI is InChI=1S/C10H12N4O3/c1-14(2)6-11-13-9(15)7-4-3-5-8(12-7)10(16)17/h3-6H,1-2H3,(H,13,15)(H,16,17). The summed E-state index contributed by atoms with van der Waals surface area (Å²) in [6.45, 7) is 0. The zero-order valence-corrected chi connectivity index (χ0v) is 9.41. The summed E-state index contributed by atoms with van der Waals surface area (Å²) in [6.07, 6.45) is 1.40. The van der Waals surface area contributed by atoms with Crippen LogP contribution in [0, 0.1) is 0 Å². The third kappa shape index (κ3) is 3.90. The van der Waals surface area contributed by atoms with Crippen LogP contribution < -0.4 is 5.43 Å². The third-order valence-corrected chi connectivity index (χ3v) is 1.66. The molecule has 1 aromatic rings. The molecule has 1 aromatic heterocycles. The van der Waals surface area contributed by atoms with Gasteiger partial charge in [0.15, 0.2) is 0 Å². The molecule has 0 aliphatic carbocycles. The molecular formula is C10H12N4O3. The van der Waals surface area contributed by atoms with E-state index in [1.165, 1.54) is 24.5 Å². The van der Waals surface area contributed by atoms with Gasteiger partial charge < -0.3 is 10.0 Å². The lowest BCUT2D eigenvalue weighted by Gasteiger charge is -2.03. The molecule has 0 bridgehead atoms. The number of aromatic carboxylic acids is 1. The minimum absolute atomic E-state index is 0.000746. The van der Waals surface area contributed by atoms with E-state index in [2.05, 4.69) is 15.5 Å². The lowest BCUT2D eigenvalue weighted by molar-refractivity contribution is 0.0690. The first-order valence-corrected chi connectivity index (χ1v) is 4.71. The van der Waals surface area contributed by atoms with Crippen molar-refractivity contribution in [2.24, 2.45) is 5.10 Å². The summed E-state index contributed by atoms with van der Waals surface area (Å²) >= 11 is 0. The summed E-state index contributed by atoms with van der Waals surface area (Å²) in [5.74, 6) is -1.75. The number of pyridine rings is 1. The zero-order valence-electron chi connectivity index (χ0n) is 9.41. The summed E-state index contributed by atoms with van der Waals surface area (Å²) in [6, 6.07) is 4.16. The Balaban J connectivity index is 2.75. The predicted octanol–water partition coefficient (Wildman–Crippen LogP) is 0.0145. The number of hydrogen-bond donors (Lipinski definition) is 2. The van der Waals surface area contributed by atoms with Crippen molar-refractivity contribution in [2.45, 2.75) is 0 Å². The predicted molar refractivity (Wildman–Crippen MR) is 60.8 cm³/mol. The molecule has 1 heterocycles. The molecule has 0 fully saturated rings. The van der Waals surface area contributed by atoms with Crippen LogP contribution in [0.5, 0.6) is 0 Å². The van der Waals surface area contributed by atoms with Gasteiger partial charge in [-0.3, -0.25) is 4.79 Å². The Labute approximate surface area is 97.8 Å². The highest BCUT2D eigenvalue weighted by atomic mass is 16.4. The first-order valence-electron chi connectivity index (χ1n) is 4.71. The topological polar surface area (TPSA) is 94.9 Å². The van der Waals surface area contributed by atoms with Gasteiger partial charge in [0.25, 0.3) is 5.91 Å². The minimum atomic E-state index is -1.18. The third-order valence-electron chi connectivity index (χ3n) is 1.66. The van der Waals surface area contributed by atoms with Gasteiger partial charge in [0, 0.05) is 14.1 Å². The van der Waals surface area contributed by atoms with Gasteiger partial charge in [0.2, 0.25) is 0 Å². The van der Waals surface area contributed by atoms with Crippen molar-refractivity contribution < 1.29 is 14.7 Å². The fourth-order valence-electron chi connectivity index (χ4n) is 0.941. The van der Waals surface area contributed by atoms with Crippen LogP contribution in [-0.4, -0.2) is 47.3 Å². The highest BCUT2D eigenvalue weighted by molar-refractivity contribution is 5.94.